The van der Waals surface area contributed by atoms with Gasteiger partial charge in [0.2, 0.25) is 0 Å². The Balaban J connectivity index is 2.19. The molecule has 14 heavy (non-hydrogen) atoms. The predicted molar refractivity (Wildman–Crippen MR) is 55.0 cm³/mol. The molecule has 0 atom stereocenters. The van der Waals surface area contributed by atoms with Crippen LogP contribution in [0.4, 0.5) is 4.79 Å². The molecule has 4 heteroatoms. The number of carbonyl (C=O) groups is 1. The second kappa shape index (κ2) is 5.96. The Morgan fingerprint density at radius 1 is 1.36 bits per heavy atom. The lowest BCUT2D eigenvalue weighted by Gasteiger charge is -2.05. The summed E-state index contributed by atoms with van der Waals surface area (Å²) in [5.41, 5.74) is 1.18. The second-order valence-electron chi connectivity index (χ2n) is 2.89. The highest BCUT2D eigenvalue weighted by Gasteiger charge is 1.96. The van der Waals surface area contributed by atoms with Crippen LogP contribution in [0.25, 0.3) is 0 Å². The fourth-order valence-corrected chi connectivity index (χ4v) is 1.09. The zero-order chi connectivity index (χ0) is 10.2. The average Bonchev–Trinajstić information content (AvgIpc) is 2.20. The number of hydrogen-bond acceptors (Lipinski definition) is 2. The van der Waals surface area contributed by atoms with Gasteiger partial charge in [0.1, 0.15) is 0 Å². The van der Waals surface area contributed by atoms with E-state index in [4.69, 9.17) is 0 Å². The van der Waals surface area contributed by atoms with Crippen molar-refractivity contribution >= 4 is 6.03 Å². The summed E-state index contributed by atoms with van der Waals surface area (Å²) < 4.78 is 0. The molecule has 1 heterocycles. The van der Waals surface area contributed by atoms with Gasteiger partial charge in [-0.15, -0.1) is 0 Å². The maximum Gasteiger partial charge on any atom is 0.314 e. The molecule has 0 spiro atoms. The van der Waals surface area contributed by atoms with Crippen molar-refractivity contribution in [2.24, 2.45) is 0 Å². The Bertz CT molecular complexity index is 274. The van der Waals surface area contributed by atoms with E-state index < -0.39 is 0 Å². The summed E-state index contributed by atoms with van der Waals surface area (Å²) in [5.74, 6) is 0. The molecular formula is C10H15N3O. The molecule has 0 aliphatic rings. The Hall–Kier alpha value is -1.58. The SMILES string of the molecule is CCNC(=O)NCCc1ccncc1. The number of hydrogen-bond donors (Lipinski definition) is 2. The van der Waals surface area contributed by atoms with Gasteiger partial charge in [-0.25, -0.2) is 4.79 Å². The number of amides is 2. The third-order valence-electron chi connectivity index (χ3n) is 1.79. The summed E-state index contributed by atoms with van der Waals surface area (Å²) in [7, 11) is 0. The van der Waals surface area contributed by atoms with E-state index >= 15 is 0 Å². The molecule has 0 unspecified atom stereocenters. The first-order valence-electron chi connectivity index (χ1n) is 4.73. The van der Waals surface area contributed by atoms with Gasteiger partial charge in [-0.3, -0.25) is 4.98 Å². The Morgan fingerprint density at radius 2 is 2.07 bits per heavy atom. The second-order valence-corrected chi connectivity index (χ2v) is 2.89. The number of carbonyl (C=O) groups excluding carboxylic acids is 1. The van der Waals surface area contributed by atoms with Crippen LogP contribution in [0, 0.1) is 0 Å². The third kappa shape index (κ3) is 3.89. The van der Waals surface area contributed by atoms with Gasteiger partial charge < -0.3 is 10.6 Å². The monoisotopic (exact) mass is 193 g/mol. The van der Waals surface area contributed by atoms with Gasteiger partial charge in [-0.2, -0.15) is 0 Å². The Morgan fingerprint density at radius 3 is 2.71 bits per heavy atom. The topological polar surface area (TPSA) is 54.0 Å². The molecule has 0 bridgehead atoms. The maximum atomic E-state index is 11.0. The summed E-state index contributed by atoms with van der Waals surface area (Å²) in [6.07, 6.45) is 4.34. The molecule has 0 aromatic carbocycles. The van der Waals surface area contributed by atoms with E-state index in [0.29, 0.717) is 13.1 Å². The van der Waals surface area contributed by atoms with Crippen molar-refractivity contribution in [3.05, 3.63) is 30.1 Å². The third-order valence-corrected chi connectivity index (χ3v) is 1.79. The van der Waals surface area contributed by atoms with E-state index in [9.17, 15) is 4.79 Å². The summed E-state index contributed by atoms with van der Waals surface area (Å²) in [5, 5.41) is 5.43. The Kier molecular flexibility index (Phi) is 4.47. The molecule has 0 saturated heterocycles. The number of urea groups is 1. The lowest BCUT2D eigenvalue weighted by atomic mass is 10.2. The summed E-state index contributed by atoms with van der Waals surface area (Å²) >= 11 is 0. The molecule has 1 rings (SSSR count). The molecule has 1 aromatic heterocycles. The van der Waals surface area contributed by atoms with E-state index in [2.05, 4.69) is 15.6 Å². The van der Waals surface area contributed by atoms with Gasteiger partial charge >= 0.3 is 6.03 Å². The standard InChI is InChI=1S/C10H15N3O/c1-2-12-10(14)13-8-5-9-3-6-11-7-4-9/h3-4,6-7H,2,5,8H2,1H3,(H2,12,13,14). The first-order chi connectivity index (χ1) is 6.83. The molecule has 4 nitrogen and oxygen atoms in total. The highest BCUT2D eigenvalue weighted by molar-refractivity contribution is 5.73. The molecular weight excluding hydrogens is 178 g/mol. The van der Waals surface area contributed by atoms with Crippen LogP contribution in [0.15, 0.2) is 24.5 Å². The Labute approximate surface area is 83.7 Å². The quantitative estimate of drug-likeness (QED) is 0.747. The number of nitrogens with one attached hydrogen (secondary N) is 2. The average molecular weight is 193 g/mol. The van der Waals surface area contributed by atoms with Crippen LogP contribution in [0.1, 0.15) is 12.5 Å². The highest BCUT2D eigenvalue weighted by Crippen LogP contribution is 1.95. The van der Waals surface area contributed by atoms with Crippen molar-refractivity contribution in [2.45, 2.75) is 13.3 Å². The van der Waals surface area contributed by atoms with Crippen LogP contribution in [0.3, 0.4) is 0 Å². The molecule has 0 radical (unpaired) electrons. The molecule has 2 amide bonds. The fourth-order valence-electron chi connectivity index (χ4n) is 1.09. The summed E-state index contributed by atoms with van der Waals surface area (Å²) in [6, 6.07) is 3.78. The smallest absolute Gasteiger partial charge is 0.314 e. The van der Waals surface area contributed by atoms with Crippen molar-refractivity contribution < 1.29 is 4.79 Å². The number of pyridine rings is 1. The van der Waals surface area contributed by atoms with E-state index in [0.717, 1.165) is 6.42 Å². The molecule has 0 saturated carbocycles. The van der Waals surface area contributed by atoms with Crippen molar-refractivity contribution in [2.75, 3.05) is 13.1 Å². The molecule has 1 aromatic rings. The van der Waals surface area contributed by atoms with Crippen LogP contribution < -0.4 is 10.6 Å². The molecule has 0 fully saturated rings. The molecule has 2 N–H and O–H groups in total. The van der Waals surface area contributed by atoms with Gasteiger partial charge in [-0.05, 0) is 31.0 Å². The van der Waals surface area contributed by atoms with Crippen LogP contribution in [0.2, 0.25) is 0 Å². The van der Waals surface area contributed by atoms with Gasteiger partial charge in [-0.1, -0.05) is 0 Å². The summed E-state index contributed by atoms with van der Waals surface area (Å²) in [4.78, 5) is 14.9. The number of aromatic nitrogens is 1. The van der Waals surface area contributed by atoms with Gasteiger partial charge in [0.25, 0.3) is 0 Å². The van der Waals surface area contributed by atoms with Gasteiger partial charge in [0.15, 0.2) is 0 Å². The number of nitrogens with zero attached hydrogens (tertiary/aromatic N) is 1. The minimum absolute atomic E-state index is 0.110. The first-order valence-corrected chi connectivity index (χ1v) is 4.73. The number of rotatable bonds is 4. The van der Waals surface area contributed by atoms with E-state index in [1.807, 2.05) is 19.1 Å². The predicted octanol–water partition coefficient (Wildman–Crippen LogP) is 0.943. The molecule has 0 aliphatic carbocycles. The van der Waals surface area contributed by atoms with Crippen LogP contribution in [-0.2, 0) is 6.42 Å². The molecule has 76 valence electrons. The van der Waals surface area contributed by atoms with Crippen LogP contribution in [0.5, 0.6) is 0 Å². The van der Waals surface area contributed by atoms with Crippen LogP contribution >= 0.6 is 0 Å². The zero-order valence-corrected chi connectivity index (χ0v) is 8.29. The lowest BCUT2D eigenvalue weighted by molar-refractivity contribution is 0.241. The first kappa shape index (κ1) is 10.5. The van der Waals surface area contributed by atoms with E-state index in [-0.39, 0.29) is 6.03 Å². The normalized spacial score (nSPS) is 9.50. The summed E-state index contributed by atoms with van der Waals surface area (Å²) in [6.45, 7) is 3.19. The maximum absolute atomic E-state index is 11.0. The molecule has 0 aliphatic heterocycles. The van der Waals surface area contributed by atoms with E-state index in [1.165, 1.54) is 5.56 Å². The van der Waals surface area contributed by atoms with Crippen molar-refractivity contribution in [3.8, 4) is 0 Å². The van der Waals surface area contributed by atoms with Crippen LogP contribution in [-0.4, -0.2) is 24.1 Å². The fraction of sp³-hybridized carbons (Fsp3) is 0.400. The zero-order valence-electron chi connectivity index (χ0n) is 8.29. The van der Waals surface area contributed by atoms with Gasteiger partial charge in [0, 0.05) is 25.5 Å². The lowest BCUT2D eigenvalue weighted by Crippen LogP contribution is -2.36. The highest BCUT2D eigenvalue weighted by atomic mass is 16.2. The van der Waals surface area contributed by atoms with Gasteiger partial charge in [0.05, 0.1) is 0 Å². The van der Waals surface area contributed by atoms with Crippen molar-refractivity contribution in [1.82, 2.24) is 15.6 Å². The largest absolute Gasteiger partial charge is 0.338 e. The van der Waals surface area contributed by atoms with Crippen molar-refractivity contribution in [1.29, 1.82) is 0 Å². The minimum Gasteiger partial charge on any atom is -0.338 e. The minimum atomic E-state index is -0.110. The van der Waals surface area contributed by atoms with Crippen molar-refractivity contribution in [3.63, 3.8) is 0 Å². The van der Waals surface area contributed by atoms with E-state index in [1.54, 1.807) is 12.4 Å².